The van der Waals surface area contributed by atoms with E-state index >= 15 is 0 Å². The third-order valence-electron chi connectivity index (χ3n) is 3.93. The Bertz CT molecular complexity index is 446. The van der Waals surface area contributed by atoms with Crippen LogP contribution in [0.15, 0.2) is 18.2 Å². The molecular weight excluding hydrogens is 266 g/mol. The average molecular weight is 291 g/mol. The summed E-state index contributed by atoms with van der Waals surface area (Å²) < 4.78 is 16.4. The van der Waals surface area contributed by atoms with Crippen molar-refractivity contribution in [2.75, 3.05) is 19.9 Å². The Morgan fingerprint density at radius 2 is 1.90 bits per heavy atom. The second-order valence-electron chi connectivity index (χ2n) is 5.88. The van der Waals surface area contributed by atoms with Gasteiger partial charge in [-0.3, -0.25) is 0 Å². The van der Waals surface area contributed by atoms with Crippen molar-refractivity contribution in [3.63, 3.8) is 0 Å². The molecule has 4 nitrogen and oxygen atoms in total. The molecule has 1 aromatic rings. The van der Waals surface area contributed by atoms with Gasteiger partial charge in [0.05, 0.1) is 6.61 Å². The quantitative estimate of drug-likeness (QED) is 0.672. The Labute approximate surface area is 126 Å². The van der Waals surface area contributed by atoms with Crippen molar-refractivity contribution in [2.45, 2.75) is 51.2 Å². The van der Waals surface area contributed by atoms with Crippen LogP contribution in [0.3, 0.4) is 0 Å². The van der Waals surface area contributed by atoms with E-state index in [1.54, 1.807) is 0 Å². The summed E-state index contributed by atoms with van der Waals surface area (Å²) >= 11 is 0. The monoisotopic (exact) mass is 291 g/mol. The zero-order chi connectivity index (χ0) is 14.3. The highest BCUT2D eigenvalue weighted by molar-refractivity contribution is 5.44. The Kier molecular flexibility index (Phi) is 5.35. The lowest BCUT2D eigenvalue weighted by molar-refractivity contribution is 0.116. The van der Waals surface area contributed by atoms with Crippen molar-refractivity contribution < 1.29 is 14.2 Å². The molecule has 0 aromatic heterocycles. The molecule has 0 atom stereocenters. The number of unbranched alkanes of at least 4 members (excludes halogenated alkanes) is 3. The van der Waals surface area contributed by atoms with E-state index in [0.717, 1.165) is 36.1 Å². The fraction of sp³-hybridized carbons (Fsp3) is 0.647. The molecule has 21 heavy (non-hydrogen) atoms. The molecule has 1 N–H and O–H groups in total. The Balaban J connectivity index is 1.20. The maximum Gasteiger partial charge on any atom is 0.231 e. The first-order chi connectivity index (χ1) is 10.4. The number of hydrogen-bond donors (Lipinski definition) is 1. The molecule has 0 radical (unpaired) electrons. The smallest absolute Gasteiger partial charge is 0.231 e. The summed E-state index contributed by atoms with van der Waals surface area (Å²) in [5.41, 5.74) is 1.15. The van der Waals surface area contributed by atoms with Gasteiger partial charge in [0.15, 0.2) is 11.5 Å². The summed E-state index contributed by atoms with van der Waals surface area (Å²) in [5.74, 6) is 1.66. The van der Waals surface area contributed by atoms with Gasteiger partial charge in [0.1, 0.15) is 0 Å². The van der Waals surface area contributed by atoms with Crippen LogP contribution in [0.1, 0.15) is 44.1 Å². The van der Waals surface area contributed by atoms with Crippen LogP contribution in [-0.2, 0) is 11.3 Å². The molecular formula is C17H25NO3. The van der Waals surface area contributed by atoms with Crippen molar-refractivity contribution in [2.24, 2.45) is 0 Å². The first-order valence-corrected chi connectivity index (χ1v) is 8.11. The first-order valence-electron chi connectivity index (χ1n) is 8.11. The predicted octanol–water partition coefficient (Wildman–Crippen LogP) is 3.24. The fourth-order valence-electron chi connectivity index (χ4n) is 2.50. The third-order valence-corrected chi connectivity index (χ3v) is 3.93. The number of benzene rings is 1. The molecule has 0 bridgehead atoms. The maximum atomic E-state index is 5.72. The number of nitrogens with one attached hydrogen (secondary N) is 1. The number of rotatable bonds is 10. The lowest BCUT2D eigenvalue weighted by Crippen LogP contribution is -2.17. The first kappa shape index (κ1) is 14.7. The van der Waals surface area contributed by atoms with Gasteiger partial charge in [-0.2, -0.15) is 0 Å². The second-order valence-corrected chi connectivity index (χ2v) is 5.88. The minimum absolute atomic E-state index is 0.329. The summed E-state index contributed by atoms with van der Waals surface area (Å²) in [5, 5.41) is 3.55. The Hall–Kier alpha value is -1.26. The molecule has 1 aliphatic carbocycles. The van der Waals surface area contributed by atoms with E-state index in [4.69, 9.17) is 14.2 Å². The molecule has 4 heteroatoms. The van der Waals surface area contributed by atoms with Crippen molar-refractivity contribution >= 4 is 0 Å². The van der Waals surface area contributed by atoms with Gasteiger partial charge < -0.3 is 19.5 Å². The van der Waals surface area contributed by atoms with Gasteiger partial charge in [0.25, 0.3) is 0 Å². The molecule has 2 aliphatic rings. The number of ether oxygens (including phenoxy) is 3. The zero-order valence-corrected chi connectivity index (χ0v) is 12.6. The van der Waals surface area contributed by atoms with Gasteiger partial charge in [0.2, 0.25) is 6.79 Å². The van der Waals surface area contributed by atoms with E-state index < -0.39 is 0 Å². The van der Waals surface area contributed by atoms with Crippen LogP contribution in [0, 0.1) is 0 Å². The predicted molar refractivity (Wildman–Crippen MR) is 81.7 cm³/mol. The highest BCUT2D eigenvalue weighted by Crippen LogP contribution is 2.32. The summed E-state index contributed by atoms with van der Waals surface area (Å²) in [7, 11) is 0. The highest BCUT2D eigenvalue weighted by Gasteiger charge is 2.19. The lowest BCUT2D eigenvalue weighted by atomic mass is 10.2. The van der Waals surface area contributed by atoms with Crippen LogP contribution in [0.5, 0.6) is 11.5 Å². The summed E-state index contributed by atoms with van der Waals surface area (Å²) in [6.45, 7) is 3.00. The maximum absolute atomic E-state index is 5.72. The minimum atomic E-state index is 0.329. The van der Waals surface area contributed by atoms with Gasteiger partial charge in [-0.15, -0.1) is 0 Å². The molecule has 116 valence electrons. The average Bonchev–Trinajstić information content (AvgIpc) is 3.21. The van der Waals surface area contributed by atoms with Crippen LogP contribution >= 0.6 is 0 Å². The van der Waals surface area contributed by atoms with E-state index in [2.05, 4.69) is 5.32 Å². The number of hydrogen-bond acceptors (Lipinski definition) is 4. The van der Waals surface area contributed by atoms with Crippen LogP contribution in [-0.4, -0.2) is 26.0 Å². The largest absolute Gasteiger partial charge is 0.454 e. The molecule has 0 saturated heterocycles. The third kappa shape index (κ3) is 4.90. The molecule has 1 aliphatic heterocycles. The molecule has 1 heterocycles. The Morgan fingerprint density at radius 1 is 1.05 bits per heavy atom. The highest BCUT2D eigenvalue weighted by atomic mass is 16.7. The summed E-state index contributed by atoms with van der Waals surface area (Å²) in [6, 6.07) is 6.84. The van der Waals surface area contributed by atoms with Gasteiger partial charge >= 0.3 is 0 Å². The van der Waals surface area contributed by atoms with E-state index in [9.17, 15) is 0 Å². The summed E-state index contributed by atoms with van der Waals surface area (Å²) in [6.07, 6.45) is 7.76. The summed E-state index contributed by atoms with van der Waals surface area (Å²) in [4.78, 5) is 0. The number of fused-ring (bicyclic) bond motifs is 1. The van der Waals surface area contributed by atoms with E-state index in [-0.39, 0.29) is 0 Å². The second kappa shape index (κ2) is 7.66. The molecule has 0 unspecified atom stereocenters. The lowest BCUT2D eigenvalue weighted by Gasteiger charge is -2.06. The molecule has 0 amide bonds. The Morgan fingerprint density at radius 3 is 2.81 bits per heavy atom. The normalized spacial score (nSPS) is 16.4. The van der Waals surface area contributed by atoms with Crippen molar-refractivity contribution in [1.29, 1.82) is 0 Å². The van der Waals surface area contributed by atoms with Crippen LogP contribution in [0.4, 0.5) is 0 Å². The van der Waals surface area contributed by atoms with E-state index in [1.165, 1.54) is 38.6 Å². The van der Waals surface area contributed by atoms with Crippen molar-refractivity contribution in [3.05, 3.63) is 23.8 Å². The fourth-order valence-corrected chi connectivity index (χ4v) is 2.50. The van der Waals surface area contributed by atoms with Crippen molar-refractivity contribution in [1.82, 2.24) is 5.32 Å². The molecule has 1 fully saturated rings. The minimum Gasteiger partial charge on any atom is -0.454 e. The van der Waals surface area contributed by atoms with Crippen LogP contribution in [0.2, 0.25) is 0 Å². The molecule has 0 spiro atoms. The molecule has 1 aromatic carbocycles. The van der Waals surface area contributed by atoms with Gasteiger partial charge in [0, 0.05) is 12.6 Å². The SMILES string of the molecule is c1cc2c(cc1COCCCCCCNC1CC1)OCO2. The molecule has 1 saturated carbocycles. The van der Waals surface area contributed by atoms with Crippen molar-refractivity contribution in [3.8, 4) is 11.5 Å². The standard InChI is InChI=1S/C17H25NO3/c1(3-9-18-15-6-7-15)2-4-10-19-12-14-5-8-16-17(11-14)21-13-20-16/h5,8,11,15,18H,1-4,6-7,9-10,12-13H2. The van der Waals surface area contributed by atoms with Crippen LogP contribution < -0.4 is 14.8 Å². The van der Waals surface area contributed by atoms with E-state index in [0.29, 0.717) is 13.4 Å². The van der Waals surface area contributed by atoms with Gasteiger partial charge in [-0.05, 0) is 49.9 Å². The van der Waals surface area contributed by atoms with Gasteiger partial charge in [-0.1, -0.05) is 18.9 Å². The van der Waals surface area contributed by atoms with E-state index in [1.807, 2.05) is 18.2 Å². The van der Waals surface area contributed by atoms with Crippen LogP contribution in [0.25, 0.3) is 0 Å². The zero-order valence-electron chi connectivity index (χ0n) is 12.6. The molecule has 3 rings (SSSR count). The topological polar surface area (TPSA) is 39.7 Å². The van der Waals surface area contributed by atoms with Gasteiger partial charge in [-0.25, -0.2) is 0 Å².